The molecule has 2 rings (SSSR count). The molecule has 1 N–H and O–H groups in total. The highest BCUT2D eigenvalue weighted by Crippen LogP contribution is 2.20. The summed E-state index contributed by atoms with van der Waals surface area (Å²) in [5, 5.41) is 9.87. The molecule has 0 radical (unpaired) electrons. The number of ether oxygens (including phenoxy) is 1. The zero-order valence-electron chi connectivity index (χ0n) is 13.2. The molecule has 0 unspecified atom stereocenters. The fourth-order valence-electron chi connectivity index (χ4n) is 2.14. The van der Waals surface area contributed by atoms with Gasteiger partial charge in [-0.05, 0) is 43.2 Å². The van der Waals surface area contributed by atoms with E-state index in [0.29, 0.717) is 18.7 Å². The summed E-state index contributed by atoms with van der Waals surface area (Å²) in [5.41, 5.74) is 2.29. The summed E-state index contributed by atoms with van der Waals surface area (Å²) in [5.74, 6) is 0.615. The Bertz CT molecular complexity index is 667. The molecule has 0 aliphatic carbocycles. The van der Waals surface area contributed by atoms with Crippen LogP contribution >= 0.6 is 0 Å². The van der Waals surface area contributed by atoms with Crippen LogP contribution in [0.1, 0.15) is 21.5 Å². The predicted molar refractivity (Wildman–Crippen MR) is 86.5 cm³/mol. The molecule has 2 aromatic carbocycles. The molecule has 0 aromatic heterocycles. The summed E-state index contributed by atoms with van der Waals surface area (Å²) < 4.78 is 5.69. The van der Waals surface area contributed by atoms with Gasteiger partial charge in [0, 0.05) is 7.05 Å². The van der Waals surface area contributed by atoms with Crippen molar-refractivity contribution in [1.29, 1.82) is 0 Å². The lowest BCUT2D eigenvalue weighted by atomic mass is 10.1. The Kier molecular flexibility index (Phi) is 5.04. The van der Waals surface area contributed by atoms with Crippen LogP contribution in [0.25, 0.3) is 0 Å². The topological polar surface area (TPSA) is 49.8 Å². The van der Waals surface area contributed by atoms with Gasteiger partial charge in [-0.15, -0.1) is 0 Å². The van der Waals surface area contributed by atoms with E-state index in [9.17, 15) is 9.90 Å². The number of carbonyl (C=O) groups excluding carboxylic acids is 1. The molecule has 116 valence electrons. The fraction of sp³-hybridized carbons (Fsp3) is 0.278. The van der Waals surface area contributed by atoms with Crippen LogP contribution in [-0.2, 0) is 0 Å². The predicted octanol–water partition coefficient (Wildman–Crippen LogP) is 3.16. The van der Waals surface area contributed by atoms with Gasteiger partial charge < -0.3 is 14.7 Å². The minimum atomic E-state index is -0.217. The third-order valence-corrected chi connectivity index (χ3v) is 3.51. The van der Waals surface area contributed by atoms with Crippen molar-refractivity contribution in [1.82, 2.24) is 4.90 Å². The van der Waals surface area contributed by atoms with E-state index in [1.54, 1.807) is 24.1 Å². The number of aryl methyl sites for hydroxylation is 2. The van der Waals surface area contributed by atoms with Gasteiger partial charge in [0.05, 0.1) is 12.1 Å². The Morgan fingerprint density at radius 3 is 2.59 bits per heavy atom. The van der Waals surface area contributed by atoms with Crippen molar-refractivity contribution in [3.8, 4) is 11.5 Å². The molecule has 0 aliphatic rings. The van der Waals surface area contributed by atoms with E-state index in [2.05, 4.69) is 0 Å². The molecular weight excluding hydrogens is 278 g/mol. The molecule has 0 heterocycles. The van der Waals surface area contributed by atoms with Crippen molar-refractivity contribution in [3.63, 3.8) is 0 Å². The van der Waals surface area contributed by atoms with E-state index in [0.717, 1.165) is 16.9 Å². The molecule has 22 heavy (non-hydrogen) atoms. The van der Waals surface area contributed by atoms with E-state index >= 15 is 0 Å². The maximum absolute atomic E-state index is 12.3. The van der Waals surface area contributed by atoms with Crippen LogP contribution < -0.4 is 4.74 Å². The second-order valence-corrected chi connectivity index (χ2v) is 5.36. The molecule has 0 spiro atoms. The maximum atomic E-state index is 12.3. The van der Waals surface area contributed by atoms with Gasteiger partial charge in [-0.3, -0.25) is 4.79 Å². The molecule has 0 bridgehead atoms. The van der Waals surface area contributed by atoms with E-state index in [-0.39, 0.29) is 11.7 Å². The number of amides is 1. The lowest BCUT2D eigenvalue weighted by Gasteiger charge is -2.18. The number of para-hydroxylation sites is 1. The Morgan fingerprint density at radius 1 is 1.18 bits per heavy atom. The van der Waals surface area contributed by atoms with Crippen molar-refractivity contribution in [2.45, 2.75) is 13.8 Å². The zero-order valence-corrected chi connectivity index (χ0v) is 13.2. The van der Waals surface area contributed by atoms with Gasteiger partial charge in [0.2, 0.25) is 0 Å². The number of rotatable bonds is 5. The Morgan fingerprint density at radius 2 is 1.91 bits per heavy atom. The summed E-state index contributed by atoms with van der Waals surface area (Å²) in [6.07, 6.45) is 0. The highest BCUT2D eigenvalue weighted by Gasteiger charge is 2.15. The largest absolute Gasteiger partial charge is 0.507 e. The second kappa shape index (κ2) is 6.98. The molecular formula is C18H21NO3. The number of aromatic hydroxyl groups is 1. The van der Waals surface area contributed by atoms with Gasteiger partial charge in [0.25, 0.3) is 5.91 Å². The number of hydrogen-bond acceptors (Lipinski definition) is 3. The molecule has 0 saturated carbocycles. The van der Waals surface area contributed by atoms with Gasteiger partial charge >= 0.3 is 0 Å². The molecule has 0 fully saturated rings. The van der Waals surface area contributed by atoms with Crippen LogP contribution in [0.4, 0.5) is 0 Å². The third kappa shape index (κ3) is 3.79. The standard InChI is InChI=1S/C18H21NO3/c1-13-8-9-15(16(20)12-13)18(21)19(3)10-11-22-17-7-5-4-6-14(17)2/h4-9,12,20H,10-11H2,1-3H3. The average Bonchev–Trinajstić information content (AvgIpc) is 2.48. The van der Waals surface area contributed by atoms with Crippen LogP contribution in [-0.4, -0.2) is 36.1 Å². The maximum Gasteiger partial charge on any atom is 0.257 e. The number of carbonyl (C=O) groups is 1. The van der Waals surface area contributed by atoms with Gasteiger partial charge in [0.1, 0.15) is 18.1 Å². The molecule has 4 nitrogen and oxygen atoms in total. The number of nitrogens with zero attached hydrogens (tertiary/aromatic N) is 1. The average molecular weight is 299 g/mol. The minimum Gasteiger partial charge on any atom is -0.507 e. The quantitative estimate of drug-likeness (QED) is 0.922. The van der Waals surface area contributed by atoms with Gasteiger partial charge in [-0.2, -0.15) is 0 Å². The SMILES string of the molecule is Cc1ccc(C(=O)N(C)CCOc2ccccc2C)c(O)c1. The zero-order chi connectivity index (χ0) is 16.1. The van der Waals surface area contributed by atoms with E-state index < -0.39 is 0 Å². The lowest BCUT2D eigenvalue weighted by molar-refractivity contribution is 0.0770. The first-order valence-electron chi connectivity index (χ1n) is 7.22. The molecule has 0 aliphatic heterocycles. The van der Waals surface area contributed by atoms with Crippen LogP contribution in [0.2, 0.25) is 0 Å². The summed E-state index contributed by atoms with van der Waals surface area (Å²) in [4.78, 5) is 13.8. The minimum absolute atomic E-state index is 0.0108. The third-order valence-electron chi connectivity index (χ3n) is 3.51. The van der Waals surface area contributed by atoms with E-state index in [4.69, 9.17) is 4.74 Å². The van der Waals surface area contributed by atoms with Crippen LogP contribution in [0.3, 0.4) is 0 Å². The lowest BCUT2D eigenvalue weighted by Crippen LogP contribution is -2.31. The Hall–Kier alpha value is -2.49. The summed E-state index contributed by atoms with van der Waals surface area (Å²) in [6.45, 7) is 4.70. The number of hydrogen-bond donors (Lipinski definition) is 1. The Labute approximate surface area is 131 Å². The molecule has 0 saturated heterocycles. The fourth-order valence-corrected chi connectivity index (χ4v) is 2.14. The van der Waals surface area contributed by atoms with E-state index in [1.165, 1.54) is 0 Å². The van der Waals surface area contributed by atoms with Crippen molar-refractivity contribution >= 4 is 5.91 Å². The molecule has 1 amide bonds. The smallest absolute Gasteiger partial charge is 0.257 e. The van der Waals surface area contributed by atoms with Crippen LogP contribution in [0.15, 0.2) is 42.5 Å². The molecule has 4 heteroatoms. The summed E-state index contributed by atoms with van der Waals surface area (Å²) in [6, 6.07) is 12.8. The van der Waals surface area contributed by atoms with Crippen LogP contribution in [0, 0.1) is 13.8 Å². The summed E-state index contributed by atoms with van der Waals surface area (Å²) >= 11 is 0. The first-order chi connectivity index (χ1) is 10.5. The van der Waals surface area contributed by atoms with Gasteiger partial charge in [-0.25, -0.2) is 0 Å². The van der Waals surface area contributed by atoms with Crippen molar-refractivity contribution in [3.05, 3.63) is 59.2 Å². The number of phenolic OH excluding ortho intramolecular Hbond substituents is 1. The first kappa shape index (κ1) is 15.9. The van der Waals surface area contributed by atoms with Crippen LogP contribution in [0.5, 0.6) is 11.5 Å². The number of phenols is 1. The second-order valence-electron chi connectivity index (χ2n) is 5.36. The van der Waals surface area contributed by atoms with Gasteiger partial charge in [-0.1, -0.05) is 24.3 Å². The first-order valence-corrected chi connectivity index (χ1v) is 7.22. The number of benzene rings is 2. The van der Waals surface area contributed by atoms with Crippen molar-refractivity contribution in [2.75, 3.05) is 20.2 Å². The van der Waals surface area contributed by atoms with Crippen molar-refractivity contribution in [2.24, 2.45) is 0 Å². The molecule has 2 aromatic rings. The highest BCUT2D eigenvalue weighted by molar-refractivity contribution is 5.96. The highest BCUT2D eigenvalue weighted by atomic mass is 16.5. The van der Waals surface area contributed by atoms with Gasteiger partial charge in [0.15, 0.2) is 0 Å². The normalized spacial score (nSPS) is 10.3. The summed E-state index contributed by atoms with van der Waals surface area (Å²) in [7, 11) is 1.70. The molecule has 0 atom stereocenters. The Balaban J connectivity index is 1.93. The van der Waals surface area contributed by atoms with E-state index in [1.807, 2.05) is 44.2 Å². The van der Waals surface area contributed by atoms with Crippen molar-refractivity contribution < 1.29 is 14.6 Å². The number of likely N-dealkylation sites (N-methyl/N-ethyl adjacent to an activating group) is 1. The monoisotopic (exact) mass is 299 g/mol.